The Balaban J connectivity index is 1.93. The van der Waals surface area contributed by atoms with Crippen LogP contribution < -0.4 is 9.03 Å². The van der Waals surface area contributed by atoms with E-state index in [0.717, 1.165) is 35.6 Å². The summed E-state index contributed by atoms with van der Waals surface area (Å²) in [6, 6.07) is 9.24. The van der Waals surface area contributed by atoms with Gasteiger partial charge in [0, 0.05) is 13.1 Å². The number of aliphatic hydroxyl groups excluding tert-OH is 1. The van der Waals surface area contributed by atoms with Crippen LogP contribution in [0, 0.1) is 0 Å². The molecule has 0 bridgehead atoms. The number of rotatable bonds is 5. The van der Waals surface area contributed by atoms with Crippen molar-refractivity contribution in [3.8, 4) is 5.75 Å². The summed E-state index contributed by atoms with van der Waals surface area (Å²) in [5.74, 6) is -0.0448. The molecule has 0 saturated carbocycles. The number of aliphatic hydroxyl groups is 1. The normalized spacial score (nSPS) is 18.2. The molecule has 3 N–H and O–H groups in total. The minimum absolute atomic E-state index is 0.0448. The van der Waals surface area contributed by atoms with Crippen molar-refractivity contribution >= 4 is 26.7 Å². The van der Waals surface area contributed by atoms with Crippen molar-refractivity contribution in [1.29, 1.82) is 0 Å². The number of phenols is 1. The third-order valence-electron chi connectivity index (χ3n) is 4.24. The van der Waals surface area contributed by atoms with Crippen LogP contribution in [0.4, 0.5) is 5.69 Å². The zero-order valence-corrected chi connectivity index (χ0v) is 14.4. The average molecular weight is 350 g/mol. The first kappa shape index (κ1) is 17.0. The number of aromatic hydroxyl groups is 1. The van der Waals surface area contributed by atoms with Crippen LogP contribution in [0.25, 0.3) is 10.8 Å². The van der Waals surface area contributed by atoms with Crippen molar-refractivity contribution in [1.82, 2.24) is 4.72 Å². The summed E-state index contributed by atoms with van der Waals surface area (Å²) in [6.45, 7) is 2.41. The minimum atomic E-state index is -3.57. The third kappa shape index (κ3) is 3.48. The van der Waals surface area contributed by atoms with Gasteiger partial charge in [0.25, 0.3) is 0 Å². The van der Waals surface area contributed by atoms with Gasteiger partial charge in [-0.3, -0.25) is 4.31 Å². The quantitative estimate of drug-likeness (QED) is 0.768. The maximum absolute atomic E-state index is 12.0. The number of hydrogen-bond acceptors (Lipinski definition) is 4. The highest BCUT2D eigenvalue weighted by Gasteiger charge is 2.30. The Morgan fingerprint density at radius 1 is 1.25 bits per heavy atom. The van der Waals surface area contributed by atoms with Crippen molar-refractivity contribution in [2.45, 2.75) is 32.3 Å². The molecule has 1 heterocycles. The molecule has 1 fully saturated rings. The van der Waals surface area contributed by atoms with E-state index in [1.165, 1.54) is 4.31 Å². The van der Waals surface area contributed by atoms with Gasteiger partial charge >= 0.3 is 10.2 Å². The van der Waals surface area contributed by atoms with Crippen LogP contribution in [-0.2, 0) is 16.6 Å². The predicted molar refractivity (Wildman–Crippen MR) is 94.5 cm³/mol. The van der Waals surface area contributed by atoms with E-state index in [2.05, 4.69) is 4.72 Å². The largest absolute Gasteiger partial charge is 0.506 e. The summed E-state index contributed by atoms with van der Waals surface area (Å²) in [6.07, 6.45) is 2.18. The number of phenolic OH excluding ortho intramolecular Hbond substituents is 1. The van der Waals surface area contributed by atoms with Crippen LogP contribution in [0.3, 0.4) is 0 Å². The Hall–Kier alpha value is -1.83. The van der Waals surface area contributed by atoms with Gasteiger partial charge in [0.2, 0.25) is 0 Å². The van der Waals surface area contributed by atoms with Gasteiger partial charge in [-0.2, -0.15) is 13.1 Å². The Bertz CT molecular complexity index is 849. The standard InChI is InChI=1S/C17H22N2O4S/c1-12(20)3-2-4-13-5-6-14-11-17(21)16(10-15(14)9-13)19-8-7-18-24(19,22)23/h5-6,9-12,18,20-21H,2-4,7-8H2,1H3. The van der Waals surface area contributed by atoms with E-state index in [1.807, 2.05) is 18.2 Å². The number of aryl methyl sites for hydroxylation is 1. The SMILES string of the molecule is CC(O)CCCc1ccc2cc(O)c(N3CCNS3(=O)=O)cc2c1. The fourth-order valence-corrected chi connectivity index (χ4v) is 4.25. The second-order valence-electron chi connectivity index (χ2n) is 6.24. The zero-order valence-electron chi connectivity index (χ0n) is 13.6. The molecule has 0 spiro atoms. The molecular formula is C17H22N2O4S. The van der Waals surface area contributed by atoms with Crippen LogP contribution in [0.1, 0.15) is 25.3 Å². The number of hydrogen-bond donors (Lipinski definition) is 3. The Morgan fingerprint density at radius 2 is 2.04 bits per heavy atom. The minimum Gasteiger partial charge on any atom is -0.506 e. The summed E-state index contributed by atoms with van der Waals surface area (Å²) in [5, 5.41) is 21.3. The van der Waals surface area contributed by atoms with Gasteiger partial charge in [-0.1, -0.05) is 18.2 Å². The van der Waals surface area contributed by atoms with Crippen molar-refractivity contribution in [3.05, 3.63) is 35.9 Å². The molecule has 1 unspecified atom stereocenters. The first-order valence-corrected chi connectivity index (χ1v) is 9.52. The van der Waals surface area contributed by atoms with Crippen LogP contribution in [0.2, 0.25) is 0 Å². The van der Waals surface area contributed by atoms with Gasteiger partial charge < -0.3 is 10.2 Å². The van der Waals surface area contributed by atoms with Gasteiger partial charge in [-0.15, -0.1) is 0 Å². The van der Waals surface area contributed by atoms with Gasteiger partial charge in [0.15, 0.2) is 0 Å². The topological polar surface area (TPSA) is 89.9 Å². The molecule has 130 valence electrons. The molecule has 1 aliphatic rings. The molecule has 6 nitrogen and oxygen atoms in total. The Labute approximate surface area is 141 Å². The summed E-state index contributed by atoms with van der Waals surface area (Å²) in [4.78, 5) is 0. The van der Waals surface area contributed by atoms with E-state index >= 15 is 0 Å². The molecule has 0 amide bonds. The monoisotopic (exact) mass is 350 g/mol. The van der Waals surface area contributed by atoms with Gasteiger partial charge in [0.05, 0.1) is 11.8 Å². The predicted octanol–water partition coefficient (Wildman–Crippen LogP) is 1.90. The summed E-state index contributed by atoms with van der Waals surface area (Å²) >= 11 is 0. The molecule has 1 saturated heterocycles. The van der Waals surface area contributed by atoms with E-state index in [9.17, 15) is 18.6 Å². The molecule has 2 aromatic carbocycles. The molecule has 0 aromatic heterocycles. The number of benzene rings is 2. The van der Waals surface area contributed by atoms with Crippen molar-refractivity contribution < 1.29 is 18.6 Å². The molecular weight excluding hydrogens is 328 g/mol. The molecule has 0 aliphatic carbocycles. The molecule has 1 aliphatic heterocycles. The Kier molecular flexibility index (Phi) is 4.67. The van der Waals surface area contributed by atoms with Gasteiger partial charge in [-0.25, -0.2) is 0 Å². The van der Waals surface area contributed by atoms with E-state index in [4.69, 9.17) is 0 Å². The molecule has 2 aromatic rings. The number of anilines is 1. The van der Waals surface area contributed by atoms with Crippen LogP contribution >= 0.6 is 0 Å². The molecule has 24 heavy (non-hydrogen) atoms. The van der Waals surface area contributed by atoms with Gasteiger partial charge in [0.1, 0.15) is 5.75 Å². The maximum atomic E-state index is 12.0. The van der Waals surface area contributed by atoms with Crippen molar-refractivity contribution in [2.24, 2.45) is 0 Å². The lowest BCUT2D eigenvalue weighted by Crippen LogP contribution is -2.29. The third-order valence-corrected chi connectivity index (χ3v) is 5.77. The number of nitrogens with one attached hydrogen (secondary N) is 1. The van der Waals surface area contributed by atoms with Gasteiger partial charge in [-0.05, 0) is 54.7 Å². The smallest absolute Gasteiger partial charge is 0.301 e. The molecule has 0 radical (unpaired) electrons. The van der Waals surface area contributed by atoms with E-state index < -0.39 is 10.2 Å². The fourth-order valence-electron chi connectivity index (χ4n) is 3.00. The van der Waals surface area contributed by atoms with Crippen molar-refractivity contribution in [3.63, 3.8) is 0 Å². The summed E-state index contributed by atoms with van der Waals surface area (Å²) < 4.78 is 27.6. The number of fused-ring (bicyclic) bond motifs is 1. The molecule has 7 heteroatoms. The van der Waals surface area contributed by atoms with Crippen LogP contribution in [0.15, 0.2) is 30.3 Å². The fraction of sp³-hybridized carbons (Fsp3) is 0.412. The van der Waals surface area contributed by atoms with E-state index in [0.29, 0.717) is 18.8 Å². The Morgan fingerprint density at radius 3 is 2.71 bits per heavy atom. The highest BCUT2D eigenvalue weighted by atomic mass is 32.2. The highest BCUT2D eigenvalue weighted by Crippen LogP contribution is 2.35. The van der Waals surface area contributed by atoms with Crippen LogP contribution in [0.5, 0.6) is 5.75 Å². The summed E-state index contributed by atoms with van der Waals surface area (Å²) in [7, 11) is -3.57. The number of nitrogens with zero attached hydrogens (tertiary/aromatic N) is 1. The van der Waals surface area contributed by atoms with Crippen LogP contribution in [-0.4, -0.2) is 37.8 Å². The first-order valence-electron chi connectivity index (χ1n) is 8.08. The highest BCUT2D eigenvalue weighted by molar-refractivity contribution is 7.91. The zero-order chi connectivity index (χ0) is 17.3. The maximum Gasteiger partial charge on any atom is 0.301 e. The molecule has 1 atom stereocenters. The van der Waals surface area contributed by atoms with E-state index in [1.54, 1.807) is 19.1 Å². The van der Waals surface area contributed by atoms with E-state index in [-0.39, 0.29) is 11.9 Å². The second kappa shape index (κ2) is 6.58. The van der Waals surface area contributed by atoms with Crippen molar-refractivity contribution in [2.75, 3.05) is 17.4 Å². The average Bonchev–Trinajstić information content (AvgIpc) is 2.85. The lowest BCUT2D eigenvalue weighted by molar-refractivity contribution is 0.182. The lowest BCUT2D eigenvalue weighted by atomic mass is 10.0. The summed E-state index contributed by atoms with van der Waals surface area (Å²) in [5.41, 5.74) is 1.43. The first-order chi connectivity index (χ1) is 11.4. The molecule has 3 rings (SSSR count). The second-order valence-corrected chi connectivity index (χ2v) is 7.91. The lowest BCUT2D eigenvalue weighted by Gasteiger charge is -2.18.